The number of ether oxygens (including phenoxy) is 3. The fraction of sp³-hybridized carbons (Fsp3) is 0.765. The molecule has 1 aliphatic heterocycles. The highest BCUT2D eigenvalue weighted by Crippen LogP contribution is 2.60. The van der Waals surface area contributed by atoms with Gasteiger partial charge >= 0.3 is 0 Å². The van der Waals surface area contributed by atoms with Gasteiger partial charge in [0.05, 0.1) is 0 Å². The first-order valence-electron chi connectivity index (χ1n) is 7.62. The average molecular weight is 278 g/mol. The Hall–Kier alpha value is -0.640. The van der Waals surface area contributed by atoms with Crippen molar-refractivity contribution in [2.45, 2.75) is 45.7 Å². The predicted molar refractivity (Wildman–Crippen MR) is 78.0 cm³/mol. The van der Waals surface area contributed by atoms with Crippen molar-refractivity contribution in [3.8, 4) is 0 Å². The van der Waals surface area contributed by atoms with Crippen LogP contribution in [0.3, 0.4) is 0 Å². The van der Waals surface area contributed by atoms with Crippen LogP contribution in [0.1, 0.15) is 33.1 Å². The summed E-state index contributed by atoms with van der Waals surface area (Å²) in [7, 11) is 3.43. The van der Waals surface area contributed by atoms with E-state index in [0.29, 0.717) is 17.8 Å². The Morgan fingerprint density at radius 3 is 2.75 bits per heavy atom. The molecule has 0 bridgehead atoms. The fourth-order valence-electron chi connectivity index (χ4n) is 4.58. The molecule has 6 unspecified atom stereocenters. The lowest BCUT2D eigenvalue weighted by atomic mass is 9.53. The third-order valence-electron chi connectivity index (χ3n) is 5.90. The van der Waals surface area contributed by atoms with Gasteiger partial charge in [0.15, 0.2) is 12.6 Å². The smallest absolute Gasteiger partial charge is 0.183 e. The molecule has 3 aliphatic rings. The van der Waals surface area contributed by atoms with Crippen LogP contribution in [-0.4, -0.2) is 26.8 Å². The first-order chi connectivity index (χ1) is 9.52. The van der Waals surface area contributed by atoms with Crippen LogP contribution in [-0.2, 0) is 14.2 Å². The van der Waals surface area contributed by atoms with Crippen molar-refractivity contribution in [2.24, 2.45) is 23.2 Å². The molecule has 3 rings (SSSR count). The summed E-state index contributed by atoms with van der Waals surface area (Å²) in [5.41, 5.74) is 2.87. The predicted octanol–water partition coefficient (Wildman–Crippen LogP) is 3.52. The summed E-state index contributed by atoms with van der Waals surface area (Å²) in [5.74, 6) is 1.46. The molecule has 0 aromatic heterocycles. The zero-order valence-corrected chi connectivity index (χ0v) is 13.0. The number of fused-ring (bicyclic) bond motifs is 3. The molecule has 3 nitrogen and oxygen atoms in total. The van der Waals surface area contributed by atoms with E-state index in [4.69, 9.17) is 14.2 Å². The van der Waals surface area contributed by atoms with Gasteiger partial charge in [-0.05, 0) is 42.1 Å². The van der Waals surface area contributed by atoms with Gasteiger partial charge in [-0.25, -0.2) is 0 Å². The van der Waals surface area contributed by atoms with E-state index in [1.54, 1.807) is 14.2 Å². The third-order valence-corrected chi connectivity index (χ3v) is 5.90. The van der Waals surface area contributed by atoms with Crippen molar-refractivity contribution >= 4 is 0 Å². The van der Waals surface area contributed by atoms with Crippen molar-refractivity contribution in [3.05, 3.63) is 23.8 Å². The average Bonchev–Trinajstić information content (AvgIpc) is 2.82. The standard InChI is InChI=1S/C17H26O3/c1-10-8-9-17(3)13(11(10)2)7-6-12-14(17)16(19-5)20-15(12)18-4/h6,10,13-16H,2,7-9H2,1,3-5H3. The molecule has 20 heavy (non-hydrogen) atoms. The molecule has 0 N–H and O–H groups in total. The summed E-state index contributed by atoms with van der Waals surface area (Å²) in [6.07, 6.45) is 5.36. The highest BCUT2D eigenvalue weighted by molar-refractivity contribution is 5.29. The van der Waals surface area contributed by atoms with E-state index in [2.05, 4.69) is 26.5 Å². The molecule has 0 aromatic carbocycles. The molecular formula is C17H26O3. The fourth-order valence-corrected chi connectivity index (χ4v) is 4.58. The highest BCUT2D eigenvalue weighted by atomic mass is 16.8. The molecule has 0 aromatic rings. The number of allylic oxidation sites excluding steroid dienone is 2. The Labute approximate surface area is 122 Å². The lowest BCUT2D eigenvalue weighted by Crippen LogP contribution is -2.47. The Morgan fingerprint density at radius 1 is 1.35 bits per heavy atom. The maximum Gasteiger partial charge on any atom is 0.183 e. The number of hydrogen-bond donors (Lipinski definition) is 0. The summed E-state index contributed by atoms with van der Waals surface area (Å²) in [6, 6.07) is 0. The third kappa shape index (κ3) is 1.83. The van der Waals surface area contributed by atoms with E-state index in [9.17, 15) is 0 Å². The number of rotatable bonds is 2. The van der Waals surface area contributed by atoms with Gasteiger partial charge in [0, 0.05) is 20.1 Å². The minimum atomic E-state index is -0.240. The van der Waals surface area contributed by atoms with Gasteiger partial charge in [0.1, 0.15) is 0 Å². The van der Waals surface area contributed by atoms with E-state index < -0.39 is 0 Å². The Kier molecular flexibility index (Phi) is 3.56. The number of hydrogen-bond acceptors (Lipinski definition) is 3. The van der Waals surface area contributed by atoms with E-state index in [-0.39, 0.29) is 18.0 Å². The van der Waals surface area contributed by atoms with Crippen LogP contribution in [0.25, 0.3) is 0 Å². The first-order valence-corrected chi connectivity index (χ1v) is 7.62. The van der Waals surface area contributed by atoms with Crippen LogP contribution in [0, 0.1) is 23.2 Å². The quantitative estimate of drug-likeness (QED) is 0.723. The molecule has 6 atom stereocenters. The normalized spacial score (nSPS) is 47.7. The summed E-state index contributed by atoms with van der Waals surface area (Å²) in [6.45, 7) is 9.08. The van der Waals surface area contributed by atoms with Crippen LogP contribution in [0.2, 0.25) is 0 Å². The lowest BCUT2D eigenvalue weighted by Gasteiger charge is -2.52. The molecule has 1 saturated heterocycles. The SMILES string of the molecule is C=C1C(C)CCC2(C)C1CC=C1C(OC)OC(OC)C12. The van der Waals surface area contributed by atoms with Crippen molar-refractivity contribution in [3.63, 3.8) is 0 Å². The molecule has 0 spiro atoms. The Bertz CT molecular complexity index is 442. The molecular weight excluding hydrogens is 252 g/mol. The van der Waals surface area contributed by atoms with Crippen LogP contribution < -0.4 is 0 Å². The molecule has 0 radical (unpaired) electrons. The summed E-state index contributed by atoms with van der Waals surface area (Å²) in [4.78, 5) is 0. The van der Waals surface area contributed by atoms with E-state index >= 15 is 0 Å². The summed E-state index contributed by atoms with van der Waals surface area (Å²) >= 11 is 0. The van der Waals surface area contributed by atoms with Gasteiger partial charge in [0.25, 0.3) is 0 Å². The van der Waals surface area contributed by atoms with Gasteiger partial charge in [-0.1, -0.05) is 32.1 Å². The molecule has 0 amide bonds. The van der Waals surface area contributed by atoms with Gasteiger partial charge in [-0.15, -0.1) is 0 Å². The molecule has 2 aliphatic carbocycles. The first kappa shape index (κ1) is 14.3. The van der Waals surface area contributed by atoms with Crippen molar-refractivity contribution in [1.82, 2.24) is 0 Å². The lowest BCUT2D eigenvalue weighted by molar-refractivity contribution is -0.201. The number of methoxy groups -OCH3 is 2. The van der Waals surface area contributed by atoms with E-state index in [0.717, 1.165) is 6.42 Å². The Morgan fingerprint density at radius 2 is 2.10 bits per heavy atom. The second kappa shape index (κ2) is 4.97. The summed E-state index contributed by atoms with van der Waals surface area (Å²) in [5, 5.41) is 0. The zero-order chi connectivity index (χ0) is 14.5. The van der Waals surface area contributed by atoms with Crippen molar-refractivity contribution in [1.29, 1.82) is 0 Å². The van der Waals surface area contributed by atoms with Crippen LogP contribution in [0.15, 0.2) is 23.8 Å². The molecule has 112 valence electrons. The zero-order valence-electron chi connectivity index (χ0n) is 13.0. The largest absolute Gasteiger partial charge is 0.355 e. The van der Waals surface area contributed by atoms with Crippen LogP contribution >= 0.6 is 0 Å². The van der Waals surface area contributed by atoms with E-state index in [1.165, 1.54) is 24.0 Å². The van der Waals surface area contributed by atoms with Crippen molar-refractivity contribution < 1.29 is 14.2 Å². The van der Waals surface area contributed by atoms with Crippen LogP contribution in [0.5, 0.6) is 0 Å². The Balaban J connectivity index is 2.00. The second-order valence-corrected chi connectivity index (χ2v) is 6.80. The summed E-state index contributed by atoms with van der Waals surface area (Å²) < 4.78 is 17.0. The molecule has 2 fully saturated rings. The van der Waals surface area contributed by atoms with Gasteiger partial charge in [-0.2, -0.15) is 0 Å². The molecule has 1 saturated carbocycles. The van der Waals surface area contributed by atoms with Gasteiger partial charge in [0.2, 0.25) is 0 Å². The highest BCUT2D eigenvalue weighted by Gasteiger charge is 2.57. The topological polar surface area (TPSA) is 27.7 Å². The maximum absolute atomic E-state index is 5.94. The monoisotopic (exact) mass is 278 g/mol. The molecule has 3 heteroatoms. The maximum atomic E-state index is 5.94. The van der Waals surface area contributed by atoms with Gasteiger partial charge in [-0.3, -0.25) is 0 Å². The van der Waals surface area contributed by atoms with E-state index in [1.807, 2.05) is 0 Å². The van der Waals surface area contributed by atoms with Crippen molar-refractivity contribution in [2.75, 3.05) is 14.2 Å². The second-order valence-electron chi connectivity index (χ2n) is 6.80. The van der Waals surface area contributed by atoms with Crippen LogP contribution in [0.4, 0.5) is 0 Å². The molecule has 1 heterocycles. The minimum Gasteiger partial charge on any atom is -0.355 e. The van der Waals surface area contributed by atoms with Gasteiger partial charge < -0.3 is 14.2 Å². The minimum absolute atomic E-state index is 0.182.